The van der Waals surface area contributed by atoms with E-state index in [0.29, 0.717) is 13.1 Å². The zero-order chi connectivity index (χ0) is 20.4. The first-order valence-electron chi connectivity index (χ1n) is 8.37. The molecule has 148 valence electrons. The zero-order valence-electron chi connectivity index (χ0n) is 15.4. The molecule has 1 aromatic rings. The fraction of sp³-hybridized carbons (Fsp3) is 0.471. The number of hydrogen-bond donors (Lipinski definition) is 2. The van der Waals surface area contributed by atoms with Gasteiger partial charge in [-0.25, -0.2) is 13.2 Å². The standard InChI is InChI=1S/C17H23N3O6S/c1-12(21)19-8-10-20(11-9-19)27(25,26)14-6-4-13(5-7-14)15(22)18-17(2,3)16(23)24/h4-7H,8-11H2,1-3H3,(H,18,22)(H,23,24). The van der Waals surface area contributed by atoms with Gasteiger partial charge in [-0.1, -0.05) is 0 Å². The van der Waals surface area contributed by atoms with Gasteiger partial charge in [0.15, 0.2) is 0 Å². The number of carboxylic acid groups (broad SMARTS) is 1. The molecule has 1 aromatic carbocycles. The molecule has 9 nitrogen and oxygen atoms in total. The number of piperazine rings is 1. The van der Waals surface area contributed by atoms with Crippen LogP contribution in [0.3, 0.4) is 0 Å². The van der Waals surface area contributed by atoms with Gasteiger partial charge in [0.2, 0.25) is 15.9 Å². The molecule has 2 N–H and O–H groups in total. The number of hydrogen-bond acceptors (Lipinski definition) is 5. The highest BCUT2D eigenvalue weighted by molar-refractivity contribution is 7.89. The van der Waals surface area contributed by atoms with Gasteiger partial charge in [0, 0.05) is 38.7 Å². The molecule has 0 saturated carbocycles. The number of benzene rings is 1. The Labute approximate surface area is 158 Å². The van der Waals surface area contributed by atoms with Gasteiger partial charge < -0.3 is 15.3 Å². The third-order valence-corrected chi connectivity index (χ3v) is 6.31. The van der Waals surface area contributed by atoms with Crippen LogP contribution in [0.2, 0.25) is 0 Å². The largest absolute Gasteiger partial charge is 0.480 e. The summed E-state index contributed by atoms with van der Waals surface area (Å²) in [6, 6.07) is 5.31. The number of amides is 2. The molecule has 0 bridgehead atoms. The van der Waals surface area contributed by atoms with Crippen molar-refractivity contribution < 1.29 is 27.9 Å². The number of carbonyl (C=O) groups is 3. The van der Waals surface area contributed by atoms with Crippen molar-refractivity contribution in [1.29, 1.82) is 0 Å². The van der Waals surface area contributed by atoms with E-state index in [4.69, 9.17) is 5.11 Å². The molecule has 0 aliphatic carbocycles. The Morgan fingerprint density at radius 1 is 1.04 bits per heavy atom. The van der Waals surface area contributed by atoms with Crippen LogP contribution in [-0.4, -0.2) is 72.2 Å². The molecule has 0 unspecified atom stereocenters. The summed E-state index contributed by atoms with van der Waals surface area (Å²) in [5, 5.41) is 11.4. The summed E-state index contributed by atoms with van der Waals surface area (Å²) >= 11 is 0. The minimum atomic E-state index is -3.73. The van der Waals surface area contributed by atoms with E-state index in [2.05, 4.69) is 5.32 Å². The topological polar surface area (TPSA) is 124 Å². The second-order valence-corrected chi connectivity index (χ2v) is 8.76. The van der Waals surface area contributed by atoms with Crippen molar-refractivity contribution >= 4 is 27.8 Å². The van der Waals surface area contributed by atoms with Crippen LogP contribution in [0.25, 0.3) is 0 Å². The molecule has 0 aromatic heterocycles. The van der Waals surface area contributed by atoms with Crippen LogP contribution in [0, 0.1) is 0 Å². The zero-order valence-corrected chi connectivity index (χ0v) is 16.2. The summed E-state index contributed by atoms with van der Waals surface area (Å²) in [4.78, 5) is 36.2. The van der Waals surface area contributed by atoms with Crippen LogP contribution in [0.4, 0.5) is 0 Å². The quantitative estimate of drug-likeness (QED) is 0.728. The minimum Gasteiger partial charge on any atom is -0.480 e. The van der Waals surface area contributed by atoms with E-state index in [1.54, 1.807) is 4.90 Å². The summed E-state index contributed by atoms with van der Waals surface area (Å²) in [6.07, 6.45) is 0. The van der Waals surface area contributed by atoms with E-state index in [9.17, 15) is 22.8 Å². The van der Waals surface area contributed by atoms with Gasteiger partial charge in [0.05, 0.1) is 4.90 Å². The van der Waals surface area contributed by atoms with Crippen LogP contribution >= 0.6 is 0 Å². The molecular formula is C17H23N3O6S. The third-order valence-electron chi connectivity index (χ3n) is 4.40. The lowest BCUT2D eigenvalue weighted by molar-refractivity contribution is -0.143. The monoisotopic (exact) mass is 397 g/mol. The molecule has 2 amide bonds. The average molecular weight is 397 g/mol. The Kier molecular flexibility index (Phi) is 5.91. The number of aliphatic carboxylic acids is 1. The SMILES string of the molecule is CC(=O)N1CCN(S(=O)(=O)c2ccc(C(=O)NC(C)(C)C(=O)O)cc2)CC1. The summed E-state index contributed by atoms with van der Waals surface area (Å²) in [5.41, 5.74) is -1.29. The molecular weight excluding hydrogens is 374 g/mol. The fourth-order valence-electron chi connectivity index (χ4n) is 2.58. The molecule has 0 atom stereocenters. The number of carbonyl (C=O) groups excluding carboxylic acids is 2. The highest BCUT2D eigenvalue weighted by Crippen LogP contribution is 2.19. The molecule has 1 saturated heterocycles. The maximum atomic E-state index is 12.7. The predicted octanol–water partition coefficient (Wildman–Crippen LogP) is 0.132. The number of carboxylic acids is 1. The van der Waals surface area contributed by atoms with Crippen LogP contribution in [0.1, 0.15) is 31.1 Å². The molecule has 10 heteroatoms. The Hall–Kier alpha value is -2.46. The highest BCUT2D eigenvalue weighted by atomic mass is 32.2. The number of rotatable bonds is 5. The van der Waals surface area contributed by atoms with E-state index < -0.39 is 27.4 Å². The van der Waals surface area contributed by atoms with Gasteiger partial charge in [-0.2, -0.15) is 4.31 Å². The van der Waals surface area contributed by atoms with E-state index in [1.165, 1.54) is 49.3 Å². The van der Waals surface area contributed by atoms with Crippen molar-refractivity contribution in [3.05, 3.63) is 29.8 Å². The van der Waals surface area contributed by atoms with Gasteiger partial charge in [-0.3, -0.25) is 9.59 Å². The minimum absolute atomic E-state index is 0.0350. The molecule has 1 fully saturated rings. The van der Waals surface area contributed by atoms with Crippen LogP contribution in [0.5, 0.6) is 0 Å². The van der Waals surface area contributed by atoms with Crippen molar-refractivity contribution in [3.63, 3.8) is 0 Å². The maximum Gasteiger partial charge on any atom is 0.328 e. The molecule has 1 aliphatic heterocycles. The lowest BCUT2D eigenvalue weighted by Gasteiger charge is -2.33. The molecule has 0 spiro atoms. The molecule has 1 heterocycles. The second-order valence-electron chi connectivity index (χ2n) is 6.82. The van der Waals surface area contributed by atoms with Gasteiger partial charge in [0.1, 0.15) is 5.54 Å². The fourth-order valence-corrected chi connectivity index (χ4v) is 4.00. The van der Waals surface area contributed by atoms with Crippen LogP contribution in [-0.2, 0) is 19.6 Å². The second kappa shape index (κ2) is 7.65. The predicted molar refractivity (Wildman–Crippen MR) is 96.6 cm³/mol. The first-order valence-corrected chi connectivity index (χ1v) is 9.81. The van der Waals surface area contributed by atoms with Crippen molar-refractivity contribution in [1.82, 2.24) is 14.5 Å². The van der Waals surface area contributed by atoms with Crippen molar-refractivity contribution in [2.45, 2.75) is 31.2 Å². The lowest BCUT2D eigenvalue weighted by atomic mass is 10.1. The summed E-state index contributed by atoms with van der Waals surface area (Å²) < 4.78 is 26.7. The molecule has 27 heavy (non-hydrogen) atoms. The maximum absolute atomic E-state index is 12.7. The van der Waals surface area contributed by atoms with Gasteiger partial charge >= 0.3 is 5.97 Å². The molecule has 1 aliphatic rings. The Morgan fingerprint density at radius 3 is 2.00 bits per heavy atom. The normalized spacial score (nSPS) is 16.0. The smallest absolute Gasteiger partial charge is 0.328 e. The van der Waals surface area contributed by atoms with Gasteiger partial charge in [0.25, 0.3) is 5.91 Å². The molecule has 2 rings (SSSR count). The van der Waals surface area contributed by atoms with Gasteiger partial charge in [-0.15, -0.1) is 0 Å². The van der Waals surface area contributed by atoms with Crippen molar-refractivity contribution in [2.24, 2.45) is 0 Å². The van der Waals surface area contributed by atoms with E-state index >= 15 is 0 Å². The number of nitrogens with zero attached hydrogens (tertiary/aromatic N) is 2. The van der Waals surface area contributed by atoms with Crippen LogP contribution < -0.4 is 5.32 Å². The summed E-state index contributed by atoms with van der Waals surface area (Å²) in [6.45, 7) is 5.23. The number of sulfonamides is 1. The highest BCUT2D eigenvalue weighted by Gasteiger charge is 2.31. The average Bonchev–Trinajstić information content (AvgIpc) is 2.61. The van der Waals surface area contributed by atoms with E-state index in [1.807, 2.05) is 0 Å². The Bertz CT molecular complexity index is 840. The lowest BCUT2D eigenvalue weighted by Crippen LogP contribution is -2.50. The molecule has 0 radical (unpaired) electrons. The van der Waals surface area contributed by atoms with E-state index in [-0.39, 0.29) is 29.5 Å². The first kappa shape index (κ1) is 20.8. The third kappa shape index (κ3) is 4.64. The van der Waals surface area contributed by atoms with Crippen molar-refractivity contribution in [2.75, 3.05) is 26.2 Å². The summed E-state index contributed by atoms with van der Waals surface area (Å²) in [7, 11) is -3.73. The number of nitrogens with one attached hydrogen (secondary N) is 1. The van der Waals surface area contributed by atoms with Crippen molar-refractivity contribution in [3.8, 4) is 0 Å². The first-order chi connectivity index (χ1) is 12.4. The van der Waals surface area contributed by atoms with Gasteiger partial charge in [-0.05, 0) is 38.1 Å². The summed E-state index contributed by atoms with van der Waals surface area (Å²) in [5.74, 6) is -1.88. The Morgan fingerprint density at radius 2 is 1.56 bits per heavy atom. The van der Waals surface area contributed by atoms with Crippen LogP contribution in [0.15, 0.2) is 29.2 Å². The Balaban J connectivity index is 2.11. The van der Waals surface area contributed by atoms with E-state index in [0.717, 1.165) is 0 Å².